The minimum absolute atomic E-state index is 0.00868. The summed E-state index contributed by atoms with van der Waals surface area (Å²) >= 11 is 0. The van der Waals surface area contributed by atoms with Gasteiger partial charge >= 0.3 is 5.97 Å². The van der Waals surface area contributed by atoms with Crippen LogP contribution in [0.15, 0.2) is 18.3 Å². The zero-order chi connectivity index (χ0) is 13.0. The lowest BCUT2D eigenvalue weighted by atomic mass is 10.2. The van der Waals surface area contributed by atoms with Crippen molar-refractivity contribution in [2.24, 2.45) is 0 Å². The number of rotatable bonds is 4. The molecular weight excluding hydrogens is 220 g/mol. The van der Waals surface area contributed by atoms with Gasteiger partial charge in [0.2, 0.25) is 5.91 Å². The first-order valence-corrected chi connectivity index (χ1v) is 5.48. The molecule has 1 rings (SSSR count). The Hall–Kier alpha value is -1.91. The molecule has 0 saturated heterocycles. The van der Waals surface area contributed by atoms with Crippen LogP contribution in [0.2, 0.25) is 0 Å². The summed E-state index contributed by atoms with van der Waals surface area (Å²) in [5.41, 5.74) is 0.112. The number of nitrogens with zero attached hydrogens (tertiary/aromatic N) is 2. The first kappa shape index (κ1) is 13.2. The van der Waals surface area contributed by atoms with Gasteiger partial charge in [-0.25, -0.2) is 9.78 Å². The van der Waals surface area contributed by atoms with Crippen LogP contribution in [0.25, 0.3) is 0 Å². The number of hydrogen-bond acceptors (Lipinski definition) is 3. The number of hydrogen-bond donors (Lipinski definition) is 1. The Kier molecular flexibility index (Phi) is 4.20. The molecule has 5 heteroatoms. The van der Waals surface area contributed by atoms with E-state index in [1.807, 2.05) is 13.8 Å². The van der Waals surface area contributed by atoms with Crippen LogP contribution in [0, 0.1) is 0 Å². The van der Waals surface area contributed by atoms with E-state index in [2.05, 4.69) is 4.98 Å². The molecule has 0 bridgehead atoms. The zero-order valence-electron chi connectivity index (χ0n) is 10.2. The minimum atomic E-state index is -1.03. The number of carbonyl (C=O) groups is 2. The van der Waals surface area contributed by atoms with Crippen molar-refractivity contribution in [1.82, 2.24) is 4.98 Å². The smallest absolute Gasteiger partial charge is 0.337 e. The SMILES string of the molecule is CCC(=O)N(c1ccc(C(=O)O)cn1)C(C)C. The monoisotopic (exact) mass is 236 g/mol. The summed E-state index contributed by atoms with van der Waals surface area (Å²) in [5.74, 6) is -0.575. The van der Waals surface area contributed by atoms with E-state index in [-0.39, 0.29) is 17.5 Å². The lowest BCUT2D eigenvalue weighted by Gasteiger charge is -2.25. The van der Waals surface area contributed by atoms with Gasteiger partial charge in [0.25, 0.3) is 0 Å². The van der Waals surface area contributed by atoms with Gasteiger partial charge in [0.1, 0.15) is 5.82 Å². The lowest BCUT2D eigenvalue weighted by molar-refractivity contribution is -0.118. The highest BCUT2D eigenvalue weighted by molar-refractivity contribution is 5.93. The van der Waals surface area contributed by atoms with Gasteiger partial charge in [-0.15, -0.1) is 0 Å². The molecule has 1 aromatic heterocycles. The molecule has 1 N–H and O–H groups in total. The van der Waals surface area contributed by atoms with Gasteiger partial charge in [0, 0.05) is 18.7 Å². The first-order valence-electron chi connectivity index (χ1n) is 5.48. The predicted molar refractivity (Wildman–Crippen MR) is 64.1 cm³/mol. The van der Waals surface area contributed by atoms with Gasteiger partial charge in [0.05, 0.1) is 5.56 Å². The number of aromatic nitrogens is 1. The van der Waals surface area contributed by atoms with Crippen LogP contribution in [0.3, 0.4) is 0 Å². The molecule has 1 amide bonds. The third kappa shape index (κ3) is 3.03. The Balaban J connectivity index is 3.03. The largest absolute Gasteiger partial charge is 0.478 e. The molecular formula is C12H16N2O3. The Labute approximate surface area is 100 Å². The van der Waals surface area contributed by atoms with Crippen LogP contribution >= 0.6 is 0 Å². The fourth-order valence-corrected chi connectivity index (χ4v) is 1.51. The van der Waals surface area contributed by atoms with E-state index in [0.717, 1.165) is 0 Å². The Morgan fingerprint density at radius 2 is 2.06 bits per heavy atom. The number of carboxylic acid groups (broad SMARTS) is 1. The molecule has 0 aliphatic carbocycles. The van der Waals surface area contributed by atoms with Crippen molar-refractivity contribution in [3.63, 3.8) is 0 Å². The van der Waals surface area contributed by atoms with E-state index >= 15 is 0 Å². The van der Waals surface area contributed by atoms with E-state index in [1.165, 1.54) is 12.3 Å². The standard InChI is InChI=1S/C12H16N2O3/c1-4-11(15)14(8(2)3)10-6-5-9(7-13-10)12(16)17/h5-8H,4H2,1-3H3,(H,16,17). The van der Waals surface area contributed by atoms with Crippen molar-refractivity contribution < 1.29 is 14.7 Å². The normalized spacial score (nSPS) is 10.4. The van der Waals surface area contributed by atoms with Crippen molar-refractivity contribution in [3.05, 3.63) is 23.9 Å². The van der Waals surface area contributed by atoms with Crippen molar-refractivity contribution >= 4 is 17.7 Å². The second kappa shape index (κ2) is 5.43. The molecule has 0 saturated carbocycles. The summed E-state index contributed by atoms with van der Waals surface area (Å²) in [6.07, 6.45) is 1.65. The molecule has 0 atom stereocenters. The summed E-state index contributed by atoms with van der Waals surface area (Å²) < 4.78 is 0. The highest BCUT2D eigenvalue weighted by Crippen LogP contribution is 2.15. The fourth-order valence-electron chi connectivity index (χ4n) is 1.51. The zero-order valence-corrected chi connectivity index (χ0v) is 10.2. The van der Waals surface area contributed by atoms with Crippen molar-refractivity contribution in [2.75, 3.05) is 4.90 Å². The third-order valence-electron chi connectivity index (χ3n) is 2.33. The number of carboxylic acids is 1. The Morgan fingerprint density at radius 1 is 1.41 bits per heavy atom. The molecule has 0 aliphatic rings. The van der Waals surface area contributed by atoms with E-state index < -0.39 is 5.97 Å². The summed E-state index contributed by atoms with van der Waals surface area (Å²) in [6, 6.07) is 2.99. The van der Waals surface area contributed by atoms with Crippen molar-refractivity contribution in [1.29, 1.82) is 0 Å². The lowest BCUT2D eigenvalue weighted by Crippen LogP contribution is -2.37. The van der Waals surface area contributed by atoms with Crippen LogP contribution < -0.4 is 4.90 Å². The van der Waals surface area contributed by atoms with Crippen LogP contribution in [-0.2, 0) is 4.79 Å². The van der Waals surface area contributed by atoms with Crippen LogP contribution in [0.1, 0.15) is 37.6 Å². The van der Waals surface area contributed by atoms with E-state index in [1.54, 1.807) is 17.9 Å². The quantitative estimate of drug-likeness (QED) is 0.867. The maximum Gasteiger partial charge on any atom is 0.337 e. The number of pyridine rings is 1. The second-order valence-corrected chi connectivity index (χ2v) is 3.92. The molecule has 1 aromatic rings. The number of aromatic carboxylic acids is 1. The molecule has 5 nitrogen and oxygen atoms in total. The van der Waals surface area contributed by atoms with Gasteiger partial charge in [-0.1, -0.05) is 6.92 Å². The summed E-state index contributed by atoms with van der Waals surface area (Å²) in [5, 5.41) is 8.76. The number of amides is 1. The van der Waals surface area contributed by atoms with E-state index in [4.69, 9.17) is 5.11 Å². The van der Waals surface area contributed by atoms with Crippen LogP contribution in [0.5, 0.6) is 0 Å². The number of anilines is 1. The highest BCUT2D eigenvalue weighted by atomic mass is 16.4. The minimum Gasteiger partial charge on any atom is -0.478 e. The van der Waals surface area contributed by atoms with Gasteiger partial charge in [-0.2, -0.15) is 0 Å². The third-order valence-corrected chi connectivity index (χ3v) is 2.33. The summed E-state index contributed by atoms with van der Waals surface area (Å²) in [6.45, 7) is 5.56. The molecule has 0 radical (unpaired) electrons. The van der Waals surface area contributed by atoms with E-state index in [9.17, 15) is 9.59 Å². The van der Waals surface area contributed by atoms with E-state index in [0.29, 0.717) is 12.2 Å². The maximum absolute atomic E-state index is 11.7. The fraction of sp³-hybridized carbons (Fsp3) is 0.417. The molecule has 0 fully saturated rings. The summed E-state index contributed by atoms with van der Waals surface area (Å²) in [4.78, 5) is 28.0. The van der Waals surface area contributed by atoms with Crippen molar-refractivity contribution in [3.8, 4) is 0 Å². The molecule has 0 unspecified atom stereocenters. The number of carbonyl (C=O) groups excluding carboxylic acids is 1. The molecule has 92 valence electrons. The predicted octanol–water partition coefficient (Wildman–Crippen LogP) is 1.93. The van der Waals surface area contributed by atoms with Crippen LogP contribution in [0.4, 0.5) is 5.82 Å². The Bertz CT molecular complexity index is 412. The average molecular weight is 236 g/mol. The van der Waals surface area contributed by atoms with Crippen LogP contribution in [-0.4, -0.2) is 28.0 Å². The topological polar surface area (TPSA) is 70.5 Å². The van der Waals surface area contributed by atoms with Gasteiger partial charge in [-0.05, 0) is 26.0 Å². The summed E-state index contributed by atoms with van der Waals surface area (Å²) in [7, 11) is 0. The second-order valence-electron chi connectivity index (χ2n) is 3.92. The molecule has 1 heterocycles. The first-order chi connectivity index (χ1) is 7.97. The highest BCUT2D eigenvalue weighted by Gasteiger charge is 2.18. The average Bonchev–Trinajstić information content (AvgIpc) is 2.29. The molecule has 0 aliphatic heterocycles. The maximum atomic E-state index is 11.7. The molecule has 17 heavy (non-hydrogen) atoms. The Morgan fingerprint density at radius 3 is 2.41 bits per heavy atom. The molecule has 0 aromatic carbocycles. The van der Waals surface area contributed by atoms with Crippen molar-refractivity contribution in [2.45, 2.75) is 33.2 Å². The molecule has 0 spiro atoms. The van der Waals surface area contributed by atoms with Gasteiger partial charge in [-0.3, -0.25) is 9.69 Å². The van der Waals surface area contributed by atoms with Gasteiger partial charge < -0.3 is 5.11 Å². The van der Waals surface area contributed by atoms with Gasteiger partial charge in [0.15, 0.2) is 0 Å².